The molecule has 0 aliphatic heterocycles. The molecular weight excluding hydrogens is 175 g/mol. The van der Waals surface area contributed by atoms with Gasteiger partial charge in [-0.15, -0.1) is 17.0 Å². The lowest BCUT2D eigenvalue weighted by Gasteiger charge is -1.96. The lowest BCUT2D eigenvalue weighted by Crippen LogP contribution is -2.21. The van der Waals surface area contributed by atoms with Crippen LogP contribution in [-0.2, 0) is 0 Å². The monoisotopic (exact) mass is 179 g/mol. The first-order valence-corrected chi connectivity index (χ1v) is 1.33. The van der Waals surface area contributed by atoms with Crippen LogP contribution in [0.25, 0.3) is 0 Å². The summed E-state index contributed by atoms with van der Waals surface area (Å²) in [5.74, 6) is 0. The molecule has 0 aliphatic rings. The van der Waals surface area contributed by atoms with E-state index >= 15 is 0 Å². The predicted molar refractivity (Wildman–Crippen MR) is 25.4 cm³/mol. The summed E-state index contributed by atoms with van der Waals surface area (Å²) in [6.45, 7) is -1.23. The number of halogens is 4. The van der Waals surface area contributed by atoms with Gasteiger partial charge in [0.1, 0.15) is 0 Å². The summed E-state index contributed by atoms with van der Waals surface area (Å²) in [6, 6.07) is 0. The first-order chi connectivity index (χ1) is 2.56. The molecule has 0 fully saturated rings. The molecule has 0 radical (unpaired) electrons. The minimum absolute atomic E-state index is 0. The first-order valence-electron chi connectivity index (χ1n) is 1.33. The van der Waals surface area contributed by atoms with Gasteiger partial charge in [-0.25, -0.2) is 0 Å². The van der Waals surface area contributed by atoms with Gasteiger partial charge >= 0.3 is 6.18 Å². The van der Waals surface area contributed by atoms with Crippen molar-refractivity contribution in [1.29, 1.82) is 0 Å². The van der Waals surface area contributed by atoms with E-state index in [0.717, 1.165) is 0 Å². The molecule has 1 nitrogen and oxygen atoms in total. The normalized spacial score (nSPS) is 10.3. The van der Waals surface area contributed by atoms with Gasteiger partial charge in [0.2, 0.25) is 0 Å². The topological polar surface area (TPSA) is 26.0 Å². The highest BCUT2D eigenvalue weighted by molar-refractivity contribution is 8.93. The second-order valence-electron chi connectivity index (χ2n) is 0.819. The van der Waals surface area contributed by atoms with Gasteiger partial charge in [0, 0.05) is 0 Å². The van der Waals surface area contributed by atoms with Crippen LogP contribution in [0.1, 0.15) is 0 Å². The van der Waals surface area contributed by atoms with E-state index in [1.807, 2.05) is 0 Å². The van der Waals surface area contributed by atoms with Gasteiger partial charge in [0.15, 0.2) is 0 Å². The maximum absolute atomic E-state index is 10.7. The van der Waals surface area contributed by atoms with Gasteiger partial charge in [0.25, 0.3) is 0 Å². The molecule has 7 heavy (non-hydrogen) atoms. The van der Waals surface area contributed by atoms with Crippen molar-refractivity contribution in [3.63, 3.8) is 0 Å². The third kappa shape index (κ3) is 10.7. The molecule has 0 aromatic rings. The fraction of sp³-hybridized carbons (Fsp3) is 1.00. The van der Waals surface area contributed by atoms with Crippen LogP contribution in [0.5, 0.6) is 0 Å². The van der Waals surface area contributed by atoms with E-state index in [9.17, 15) is 13.2 Å². The van der Waals surface area contributed by atoms with E-state index in [1.165, 1.54) is 0 Å². The van der Waals surface area contributed by atoms with Gasteiger partial charge in [-0.05, 0) is 0 Å². The zero-order valence-corrected chi connectivity index (χ0v) is 5.04. The molecule has 0 amide bonds. The summed E-state index contributed by atoms with van der Waals surface area (Å²) >= 11 is 0. The third-order valence-corrected chi connectivity index (χ3v) is 0.231. The Morgan fingerprint density at radius 3 is 1.43 bits per heavy atom. The number of hydrogen-bond donors (Lipinski definition) is 1. The molecule has 5 heteroatoms. The summed E-state index contributed by atoms with van der Waals surface area (Å²) in [5.41, 5.74) is 4.18. The second-order valence-corrected chi connectivity index (χ2v) is 0.819. The molecule has 0 aromatic heterocycles. The number of hydrogen-bond acceptors (Lipinski definition) is 1. The zero-order chi connectivity index (χ0) is 5.21. The van der Waals surface area contributed by atoms with Crippen LogP contribution in [0.2, 0.25) is 0 Å². The molecule has 0 aromatic carbocycles. The van der Waals surface area contributed by atoms with E-state index in [0.29, 0.717) is 0 Å². The average molecular weight is 180 g/mol. The van der Waals surface area contributed by atoms with Crippen LogP contribution in [0, 0.1) is 0 Å². The summed E-state index contributed by atoms with van der Waals surface area (Å²) < 4.78 is 32.0. The lowest BCUT2D eigenvalue weighted by atomic mass is 10.7. The van der Waals surface area contributed by atoms with Gasteiger partial charge in [0.05, 0.1) is 6.54 Å². The molecule has 0 spiro atoms. The number of nitrogens with two attached hydrogens (primary N) is 1. The van der Waals surface area contributed by atoms with Crippen molar-refractivity contribution < 1.29 is 13.2 Å². The molecular formula is C2H5BrF3N. The predicted octanol–water partition coefficient (Wildman–Crippen LogP) is 1.09. The van der Waals surface area contributed by atoms with Crippen molar-refractivity contribution >= 4 is 17.0 Å². The highest BCUT2D eigenvalue weighted by atomic mass is 79.9. The van der Waals surface area contributed by atoms with E-state index < -0.39 is 12.7 Å². The number of alkyl halides is 3. The zero-order valence-electron chi connectivity index (χ0n) is 3.33. The molecule has 0 unspecified atom stereocenters. The van der Waals surface area contributed by atoms with Gasteiger partial charge in [-0.3, -0.25) is 0 Å². The highest BCUT2D eigenvalue weighted by Crippen LogP contribution is 2.10. The summed E-state index contributed by atoms with van der Waals surface area (Å²) in [5, 5.41) is 0. The Morgan fingerprint density at radius 2 is 1.43 bits per heavy atom. The Bertz CT molecular complexity index is 42.7. The molecule has 46 valence electrons. The standard InChI is InChI=1S/C2H4F3N.BrH/c3-2(4,5)1-6;/h1,6H2;1H. The quantitative estimate of drug-likeness (QED) is 0.593. The minimum Gasteiger partial charge on any atom is -0.323 e. The molecule has 0 bridgehead atoms. The Labute approximate surface area is 49.5 Å². The smallest absolute Gasteiger partial charge is 0.323 e. The Hall–Kier alpha value is 0.230. The van der Waals surface area contributed by atoms with Crippen molar-refractivity contribution in [2.24, 2.45) is 5.73 Å². The first kappa shape index (κ1) is 10.3. The minimum atomic E-state index is -4.18. The van der Waals surface area contributed by atoms with Crippen LogP contribution in [-0.4, -0.2) is 12.7 Å². The van der Waals surface area contributed by atoms with Crippen LogP contribution in [0.4, 0.5) is 13.2 Å². The third-order valence-electron chi connectivity index (χ3n) is 0.231. The average Bonchev–Trinajstić information content (AvgIpc) is 1.35. The fourth-order valence-electron chi connectivity index (χ4n) is 0. The fourth-order valence-corrected chi connectivity index (χ4v) is 0. The van der Waals surface area contributed by atoms with Gasteiger partial charge in [-0.1, -0.05) is 0 Å². The van der Waals surface area contributed by atoms with Gasteiger partial charge in [-0.2, -0.15) is 13.2 Å². The van der Waals surface area contributed by atoms with Crippen molar-refractivity contribution in [1.82, 2.24) is 0 Å². The molecule has 0 rings (SSSR count). The Morgan fingerprint density at radius 1 is 1.29 bits per heavy atom. The van der Waals surface area contributed by atoms with Crippen molar-refractivity contribution in [3.05, 3.63) is 0 Å². The van der Waals surface area contributed by atoms with Crippen LogP contribution >= 0.6 is 17.0 Å². The molecule has 0 saturated heterocycles. The summed E-state index contributed by atoms with van der Waals surface area (Å²) in [7, 11) is 0. The van der Waals surface area contributed by atoms with E-state index in [1.54, 1.807) is 0 Å². The SMILES string of the molecule is Br.NCC(F)(F)F. The van der Waals surface area contributed by atoms with Gasteiger partial charge < -0.3 is 5.73 Å². The van der Waals surface area contributed by atoms with E-state index in [2.05, 4.69) is 5.73 Å². The molecule has 2 N–H and O–H groups in total. The van der Waals surface area contributed by atoms with E-state index in [-0.39, 0.29) is 17.0 Å². The lowest BCUT2D eigenvalue weighted by molar-refractivity contribution is -0.118. The molecule has 0 saturated carbocycles. The molecule has 0 aliphatic carbocycles. The maximum atomic E-state index is 10.7. The largest absolute Gasteiger partial charge is 0.400 e. The highest BCUT2D eigenvalue weighted by Gasteiger charge is 2.23. The van der Waals surface area contributed by atoms with E-state index in [4.69, 9.17) is 0 Å². The summed E-state index contributed by atoms with van der Waals surface area (Å²) in [4.78, 5) is 0. The van der Waals surface area contributed by atoms with Crippen molar-refractivity contribution in [2.45, 2.75) is 6.18 Å². The Balaban J connectivity index is 0. The Kier molecular flexibility index (Phi) is 4.78. The van der Waals surface area contributed by atoms with Crippen LogP contribution in [0.3, 0.4) is 0 Å². The molecule has 0 atom stereocenters. The maximum Gasteiger partial charge on any atom is 0.400 e. The number of rotatable bonds is 0. The van der Waals surface area contributed by atoms with Crippen molar-refractivity contribution in [2.75, 3.05) is 6.54 Å². The van der Waals surface area contributed by atoms with Crippen molar-refractivity contribution in [3.8, 4) is 0 Å². The van der Waals surface area contributed by atoms with Crippen LogP contribution < -0.4 is 5.73 Å². The second kappa shape index (κ2) is 3.26. The summed E-state index contributed by atoms with van der Waals surface area (Å²) in [6.07, 6.45) is -4.18. The molecule has 0 heterocycles. The van der Waals surface area contributed by atoms with Crippen LogP contribution in [0.15, 0.2) is 0 Å².